The highest BCUT2D eigenvalue weighted by Gasteiger charge is 2.15. The van der Waals surface area contributed by atoms with Gasteiger partial charge in [-0.3, -0.25) is 5.10 Å². The lowest BCUT2D eigenvalue weighted by atomic mass is 10.0. The average Bonchev–Trinajstić information content (AvgIpc) is 3.08. The van der Waals surface area contributed by atoms with E-state index in [9.17, 15) is 0 Å². The summed E-state index contributed by atoms with van der Waals surface area (Å²) in [4.78, 5) is 2.31. The summed E-state index contributed by atoms with van der Waals surface area (Å²) >= 11 is 0. The minimum absolute atomic E-state index is 0.335. The van der Waals surface area contributed by atoms with Gasteiger partial charge in [-0.2, -0.15) is 5.10 Å². The van der Waals surface area contributed by atoms with Gasteiger partial charge < -0.3 is 14.4 Å². The van der Waals surface area contributed by atoms with Crippen LogP contribution in [0.5, 0.6) is 11.5 Å². The number of ether oxygens (including phenoxy) is 2. The highest BCUT2D eigenvalue weighted by Crippen LogP contribution is 2.33. The predicted molar refractivity (Wildman–Crippen MR) is 80.4 cm³/mol. The summed E-state index contributed by atoms with van der Waals surface area (Å²) in [6.45, 7) is 4.54. The monoisotopic (exact) mass is 287 g/mol. The Morgan fingerprint density at radius 2 is 2.14 bits per heavy atom. The van der Waals surface area contributed by atoms with Crippen LogP contribution in [-0.2, 0) is 13.0 Å². The van der Waals surface area contributed by atoms with Crippen molar-refractivity contribution in [1.29, 1.82) is 0 Å². The van der Waals surface area contributed by atoms with E-state index in [4.69, 9.17) is 9.47 Å². The number of hydrogen-bond acceptors (Lipinski definition) is 4. The van der Waals surface area contributed by atoms with Gasteiger partial charge in [0.1, 0.15) is 0 Å². The van der Waals surface area contributed by atoms with E-state index in [0.29, 0.717) is 12.7 Å². The van der Waals surface area contributed by atoms with Gasteiger partial charge in [0.15, 0.2) is 11.5 Å². The lowest BCUT2D eigenvalue weighted by Gasteiger charge is -2.20. The van der Waals surface area contributed by atoms with Crippen molar-refractivity contribution in [3.63, 3.8) is 0 Å². The van der Waals surface area contributed by atoms with E-state index < -0.39 is 0 Å². The fraction of sp³-hybridized carbons (Fsp3) is 0.438. The summed E-state index contributed by atoms with van der Waals surface area (Å²) < 4.78 is 10.8. The topological polar surface area (TPSA) is 50.4 Å². The van der Waals surface area contributed by atoms with Crippen LogP contribution in [-0.4, -0.2) is 35.5 Å². The summed E-state index contributed by atoms with van der Waals surface area (Å²) in [6.07, 6.45) is 2.82. The Balaban J connectivity index is 1.52. The molecule has 5 heteroatoms. The molecule has 112 valence electrons. The zero-order valence-corrected chi connectivity index (χ0v) is 12.5. The molecule has 0 radical (unpaired) electrons. The molecule has 0 aliphatic carbocycles. The summed E-state index contributed by atoms with van der Waals surface area (Å²) in [5.41, 5.74) is 2.44. The van der Waals surface area contributed by atoms with Gasteiger partial charge in [-0.25, -0.2) is 0 Å². The maximum Gasteiger partial charge on any atom is 0.231 e. The fourth-order valence-corrected chi connectivity index (χ4v) is 2.79. The van der Waals surface area contributed by atoms with Crippen molar-refractivity contribution in [2.75, 3.05) is 20.4 Å². The zero-order chi connectivity index (χ0) is 14.7. The highest BCUT2D eigenvalue weighted by atomic mass is 16.7. The Bertz CT molecular complexity index is 583. The van der Waals surface area contributed by atoms with Crippen LogP contribution < -0.4 is 9.47 Å². The second kappa shape index (κ2) is 6.18. The number of benzene rings is 1. The lowest BCUT2D eigenvalue weighted by molar-refractivity contribution is 0.174. The van der Waals surface area contributed by atoms with Gasteiger partial charge in [-0.05, 0) is 43.1 Å². The van der Waals surface area contributed by atoms with Crippen molar-refractivity contribution in [1.82, 2.24) is 15.1 Å². The van der Waals surface area contributed by atoms with Crippen molar-refractivity contribution in [3.05, 3.63) is 41.7 Å². The van der Waals surface area contributed by atoms with Crippen LogP contribution >= 0.6 is 0 Å². The molecule has 21 heavy (non-hydrogen) atoms. The van der Waals surface area contributed by atoms with Crippen LogP contribution in [0.4, 0.5) is 0 Å². The molecule has 5 nitrogen and oxygen atoms in total. The number of nitrogens with one attached hydrogen (secondary N) is 1. The summed E-state index contributed by atoms with van der Waals surface area (Å²) in [6, 6.07) is 8.23. The number of nitrogens with zero attached hydrogens (tertiary/aromatic N) is 2. The van der Waals surface area contributed by atoms with E-state index in [1.165, 1.54) is 5.56 Å². The molecule has 1 aliphatic rings. The van der Waals surface area contributed by atoms with Crippen LogP contribution in [0.1, 0.15) is 18.2 Å². The second-order valence-electron chi connectivity index (χ2n) is 5.78. The maximum atomic E-state index is 5.43. The molecule has 2 aromatic rings. The van der Waals surface area contributed by atoms with E-state index in [2.05, 4.69) is 41.2 Å². The van der Waals surface area contributed by atoms with Crippen LogP contribution in [0.25, 0.3) is 0 Å². The van der Waals surface area contributed by atoms with E-state index in [-0.39, 0.29) is 0 Å². The van der Waals surface area contributed by atoms with Gasteiger partial charge in [0.25, 0.3) is 0 Å². The molecule has 0 saturated carbocycles. The summed E-state index contributed by atoms with van der Waals surface area (Å²) in [5, 5.41) is 6.98. The van der Waals surface area contributed by atoms with Crippen molar-refractivity contribution < 1.29 is 9.47 Å². The van der Waals surface area contributed by atoms with Gasteiger partial charge in [-0.1, -0.05) is 13.0 Å². The lowest BCUT2D eigenvalue weighted by Crippen LogP contribution is -2.25. The van der Waals surface area contributed by atoms with Gasteiger partial charge in [-0.15, -0.1) is 0 Å². The third kappa shape index (κ3) is 3.55. The first kappa shape index (κ1) is 13.9. The number of H-pyrrole nitrogens is 1. The highest BCUT2D eigenvalue weighted by molar-refractivity contribution is 5.44. The Morgan fingerprint density at radius 1 is 1.29 bits per heavy atom. The van der Waals surface area contributed by atoms with Crippen molar-refractivity contribution in [2.24, 2.45) is 5.92 Å². The number of hydrogen-bond donors (Lipinski definition) is 1. The minimum Gasteiger partial charge on any atom is -0.454 e. The molecule has 0 spiro atoms. The molecule has 3 rings (SSSR count). The molecule has 0 fully saturated rings. The minimum atomic E-state index is 0.335. The normalized spacial score (nSPS) is 14.6. The fourth-order valence-electron chi connectivity index (χ4n) is 2.79. The number of fused-ring (bicyclic) bond motifs is 1. The smallest absolute Gasteiger partial charge is 0.231 e. The number of aromatic nitrogens is 2. The number of rotatable bonds is 6. The number of aromatic amines is 1. The molecule has 1 aromatic heterocycles. The van der Waals surface area contributed by atoms with E-state index in [0.717, 1.165) is 36.7 Å². The van der Waals surface area contributed by atoms with Crippen LogP contribution in [0.15, 0.2) is 30.5 Å². The largest absolute Gasteiger partial charge is 0.454 e. The first-order valence-corrected chi connectivity index (χ1v) is 7.26. The molecule has 1 atom stereocenters. The molecule has 0 unspecified atom stereocenters. The molecular formula is C16H21N3O2. The van der Waals surface area contributed by atoms with E-state index in [1.807, 2.05) is 12.1 Å². The molecule has 2 heterocycles. The molecule has 1 aromatic carbocycles. The molecule has 0 amide bonds. The Morgan fingerprint density at radius 3 is 2.95 bits per heavy atom. The van der Waals surface area contributed by atoms with Gasteiger partial charge in [0, 0.05) is 25.0 Å². The first-order valence-electron chi connectivity index (χ1n) is 7.26. The molecule has 0 bridgehead atoms. The van der Waals surface area contributed by atoms with E-state index in [1.54, 1.807) is 6.20 Å². The Labute approximate surface area is 124 Å². The summed E-state index contributed by atoms with van der Waals surface area (Å²) in [7, 11) is 2.14. The molecule has 1 aliphatic heterocycles. The third-order valence-corrected chi connectivity index (χ3v) is 3.64. The third-order valence-electron chi connectivity index (χ3n) is 3.64. The Kier molecular flexibility index (Phi) is 4.10. The van der Waals surface area contributed by atoms with Crippen molar-refractivity contribution in [2.45, 2.75) is 19.9 Å². The maximum absolute atomic E-state index is 5.43. The van der Waals surface area contributed by atoms with E-state index >= 15 is 0 Å². The molecular weight excluding hydrogens is 266 g/mol. The van der Waals surface area contributed by atoms with Gasteiger partial charge >= 0.3 is 0 Å². The van der Waals surface area contributed by atoms with Crippen LogP contribution in [0.2, 0.25) is 0 Å². The Hall–Kier alpha value is -2.01. The van der Waals surface area contributed by atoms with Crippen LogP contribution in [0, 0.1) is 5.92 Å². The van der Waals surface area contributed by atoms with Crippen molar-refractivity contribution >= 4 is 0 Å². The van der Waals surface area contributed by atoms with Crippen molar-refractivity contribution in [3.8, 4) is 11.5 Å². The molecule has 1 N–H and O–H groups in total. The van der Waals surface area contributed by atoms with Gasteiger partial charge in [0.05, 0.1) is 0 Å². The quantitative estimate of drug-likeness (QED) is 0.886. The van der Waals surface area contributed by atoms with Crippen LogP contribution in [0.3, 0.4) is 0 Å². The summed E-state index contributed by atoms with van der Waals surface area (Å²) in [5.74, 6) is 2.28. The second-order valence-corrected chi connectivity index (χ2v) is 5.78. The molecule has 0 saturated heterocycles. The first-order chi connectivity index (χ1) is 10.2. The SMILES string of the molecule is C[C@@H](Cc1ccc2c(c1)OCO2)CN(C)Cc1ccn[nH]1. The zero-order valence-electron chi connectivity index (χ0n) is 12.5. The average molecular weight is 287 g/mol. The standard InChI is InChI=1S/C16H21N3O2/c1-12(9-19(2)10-14-5-6-17-18-14)7-13-3-4-15-16(8-13)21-11-20-15/h3-6,8,12H,7,9-11H2,1-2H3,(H,17,18)/t12-/m0/s1. The van der Waals surface area contributed by atoms with Gasteiger partial charge in [0.2, 0.25) is 6.79 Å². The predicted octanol–water partition coefficient (Wildman–Crippen LogP) is 2.45.